The molecule has 0 atom stereocenters. The molecule has 9 heteroatoms. The lowest BCUT2D eigenvalue weighted by molar-refractivity contribution is -0.116. The van der Waals surface area contributed by atoms with Gasteiger partial charge in [-0.25, -0.2) is 18.3 Å². The molecule has 3 amide bonds. The minimum atomic E-state index is -0.913. The number of hydrogen-bond donors (Lipinski definition) is 2. The van der Waals surface area contributed by atoms with Crippen LogP contribution in [0.15, 0.2) is 78.9 Å². The largest absolute Gasteiger partial charge is 0.322 e. The van der Waals surface area contributed by atoms with Gasteiger partial charge in [0.2, 0.25) is 5.91 Å². The molecular weight excluding hydrogens is 500 g/mol. The van der Waals surface area contributed by atoms with Gasteiger partial charge in [-0.3, -0.25) is 4.79 Å². The molecule has 0 unspecified atom stereocenters. The molecule has 0 saturated heterocycles. The molecule has 39 heavy (non-hydrogen) atoms. The smallest absolute Gasteiger partial charge is 0.311 e. The maximum Gasteiger partial charge on any atom is 0.322 e. The molecule has 4 rings (SSSR count). The first kappa shape index (κ1) is 27.5. The molecule has 0 saturated carbocycles. The number of nitrogens with zero attached hydrogens (tertiary/aromatic N) is 3. The summed E-state index contributed by atoms with van der Waals surface area (Å²) in [5.41, 5.74) is 2.97. The molecular formula is C30H31F2N5O2. The van der Waals surface area contributed by atoms with Crippen LogP contribution in [0.2, 0.25) is 0 Å². The van der Waals surface area contributed by atoms with Gasteiger partial charge in [-0.1, -0.05) is 68.8 Å². The topological polar surface area (TPSA) is 79.3 Å². The highest BCUT2D eigenvalue weighted by atomic mass is 19.1. The van der Waals surface area contributed by atoms with Crippen LogP contribution in [0.3, 0.4) is 0 Å². The number of anilines is 2. The molecule has 0 spiro atoms. The highest BCUT2D eigenvalue weighted by molar-refractivity contribution is 5.96. The van der Waals surface area contributed by atoms with E-state index in [0.29, 0.717) is 11.9 Å². The van der Waals surface area contributed by atoms with Gasteiger partial charge >= 0.3 is 6.03 Å². The molecule has 2 N–H and O–H groups in total. The molecule has 0 bridgehead atoms. The van der Waals surface area contributed by atoms with Crippen LogP contribution in [-0.2, 0) is 16.8 Å². The first-order chi connectivity index (χ1) is 18.5. The van der Waals surface area contributed by atoms with Crippen LogP contribution in [0.5, 0.6) is 0 Å². The number of halogens is 2. The molecule has 1 heterocycles. The Labute approximate surface area is 226 Å². The zero-order valence-corrected chi connectivity index (χ0v) is 22.3. The van der Waals surface area contributed by atoms with Crippen molar-refractivity contribution in [3.05, 3.63) is 107 Å². The predicted octanol–water partition coefficient (Wildman–Crippen LogP) is 6.43. The molecule has 0 aliphatic rings. The van der Waals surface area contributed by atoms with E-state index in [1.807, 2.05) is 88.4 Å². The standard InChI is InChI=1S/C30H31F2N5O2/c1-20-10-13-23(14-11-20)37-27(17-26(35-37)30(2,3)4)34-28(38)19-36(18-21-8-6-5-7-9-21)29(39)33-25-15-12-22(31)16-24(25)32/h5-17H,18-19H2,1-4H3,(H,33,39)(H,34,38). The maximum absolute atomic E-state index is 14.2. The van der Waals surface area contributed by atoms with E-state index in [0.717, 1.165) is 34.6 Å². The SMILES string of the molecule is Cc1ccc(-n2nc(C(C)(C)C)cc2NC(=O)CN(Cc2ccccc2)C(=O)Nc2ccc(F)cc2F)cc1. The van der Waals surface area contributed by atoms with Crippen LogP contribution >= 0.6 is 0 Å². The lowest BCUT2D eigenvalue weighted by atomic mass is 9.92. The fourth-order valence-electron chi connectivity index (χ4n) is 3.86. The van der Waals surface area contributed by atoms with Crippen molar-refractivity contribution in [3.63, 3.8) is 0 Å². The first-order valence-corrected chi connectivity index (χ1v) is 12.5. The van der Waals surface area contributed by atoms with Crippen LogP contribution in [0.1, 0.15) is 37.6 Å². The summed E-state index contributed by atoms with van der Waals surface area (Å²) in [5.74, 6) is -1.68. The number of rotatable bonds is 7. The molecule has 0 aliphatic heterocycles. The molecule has 3 aromatic carbocycles. The summed E-state index contributed by atoms with van der Waals surface area (Å²) in [6.45, 7) is 7.84. The summed E-state index contributed by atoms with van der Waals surface area (Å²) < 4.78 is 29.2. The Balaban J connectivity index is 1.59. The second kappa shape index (κ2) is 11.5. The van der Waals surface area contributed by atoms with Crippen LogP contribution in [0.25, 0.3) is 5.69 Å². The average Bonchev–Trinajstić information content (AvgIpc) is 3.30. The van der Waals surface area contributed by atoms with Crippen molar-refractivity contribution < 1.29 is 18.4 Å². The summed E-state index contributed by atoms with van der Waals surface area (Å²) >= 11 is 0. The normalized spacial score (nSPS) is 11.2. The van der Waals surface area contributed by atoms with Crippen molar-refractivity contribution in [2.75, 3.05) is 17.2 Å². The average molecular weight is 532 g/mol. The third kappa shape index (κ3) is 7.07. The number of benzene rings is 3. The van der Waals surface area contributed by atoms with Crippen molar-refractivity contribution in [2.24, 2.45) is 0 Å². The Morgan fingerprint density at radius 1 is 0.923 bits per heavy atom. The Morgan fingerprint density at radius 2 is 1.62 bits per heavy atom. The number of nitrogens with one attached hydrogen (secondary N) is 2. The number of aromatic nitrogens is 2. The van der Waals surface area contributed by atoms with Gasteiger partial charge in [0.15, 0.2) is 0 Å². The van der Waals surface area contributed by atoms with Crippen molar-refractivity contribution in [1.82, 2.24) is 14.7 Å². The van der Waals surface area contributed by atoms with Gasteiger partial charge in [0.05, 0.1) is 17.1 Å². The summed E-state index contributed by atoms with van der Waals surface area (Å²) in [4.78, 5) is 27.7. The third-order valence-corrected chi connectivity index (χ3v) is 6.03. The van der Waals surface area contributed by atoms with E-state index in [1.165, 1.54) is 4.90 Å². The fraction of sp³-hybridized carbons (Fsp3) is 0.233. The molecule has 0 radical (unpaired) electrons. The quantitative estimate of drug-likeness (QED) is 0.289. The number of hydrogen-bond acceptors (Lipinski definition) is 3. The van der Waals surface area contributed by atoms with Gasteiger partial charge in [0, 0.05) is 24.1 Å². The number of carbonyl (C=O) groups is 2. The van der Waals surface area contributed by atoms with E-state index in [4.69, 9.17) is 5.10 Å². The second-order valence-corrected chi connectivity index (χ2v) is 10.4. The van der Waals surface area contributed by atoms with E-state index in [9.17, 15) is 18.4 Å². The van der Waals surface area contributed by atoms with Crippen molar-refractivity contribution >= 4 is 23.4 Å². The fourth-order valence-corrected chi connectivity index (χ4v) is 3.86. The van der Waals surface area contributed by atoms with Gasteiger partial charge in [0.25, 0.3) is 0 Å². The van der Waals surface area contributed by atoms with E-state index >= 15 is 0 Å². The van der Waals surface area contributed by atoms with Gasteiger partial charge in [-0.15, -0.1) is 0 Å². The number of carbonyl (C=O) groups excluding carboxylic acids is 2. The molecule has 4 aromatic rings. The highest BCUT2D eigenvalue weighted by Crippen LogP contribution is 2.26. The van der Waals surface area contributed by atoms with Gasteiger partial charge in [-0.2, -0.15) is 5.10 Å². The van der Waals surface area contributed by atoms with E-state index < -0.39 is 23.6 Å². The Kier molecular flexibility index (Phi) is 8.09. The van der Waals surface area contributed by atoms with Gasteiger partial charge in [0.1, 0.15) is 24.0 Å². The number of aryl methyl sites for hydroxylation is 1. The third-order valence-electron chi connectivity index (χ3n) is 6.03. The predicted molar refractivity (Wildman–Crippen MR) is 148 cm³/mol. The van der Waals surface area contributed by atoms with E-state index in [1.54, 1.807) is 4.68 Å². The zero-order valence-electron chi connectivity index (χ0n) is 22.3. The van der Waals surface area contributed by atoms with Crippen molar-refractivity contribution in [2.45, 2.75) is 39.7 Å². The van der Waals surface area contributed by atoms with Crippen LogP contribution < -0.4 is 10.6 Å². The Bertz CT molecular complexity index is 1460. The van der Waals surface area contributed by atoms with Crippen LogP contribution in [-0.4, -0.2) is 33.2 Å². The lowest BCUT2D eigenvalue weighted by Crippen LogP contribution is -2.40. The minimum absolute atomic E-state index is 0.0906. The van der Waals surface area contributed by atoms with Crippen molar-refractivity contribution in [3.8, 4) is 5.69 Å². The number of urea groups is 1. The zero-order chi connectivity index (χ0) is 28.2. The highest BCUT2D eigenvalue weighted by Gasteiger charge is 2.24. The molecule has 202 valence electrons. The molecule has 7 nitrogen and oxygen atoms in total. The molecule has 1 aromatic heterocycles. The Morgan fingerprint density at radius 3 is 2.26 bits per heavy atom. The molecule has 0 fully saturated rings. The van der Waals surface area contributed by atoms with Crippen LogP contribution in [0, 0.1) is 18.6 Å². The number of amides is 3. The summed E-state index contributed by atoms with van der Waals surface area (Å²) in [6, 6.07) is 20.8. The van der Waals surface area contributed by atoms with Gasteiger partial charge < -0.3 is 15.5 Å². The monoisotopic (exact) mass is 531 g/mol. The summed E-state index contributed by atoms with van der Waals surface area (Å²) in [6.07, 6.45) is 0. The molecule has 0 aliphatic carbocycles. The first-order valence-electron chi connectivity index (χ1n) is 12.5. The van der Waals surface area contributed by atoms with E-state index in [-0.39, 0.29) is 24.2 Å². The summed E-state index contributed by atoms with van der Waals surface area (Å²) in [5, 5.41) is 10.1. The Hall–Kier alpha value is -4.53. The lowest BCUT2D eigenvalue weighted by Gasteiger charge is -2.23. The van der Waals surface area contributed by atoms with Crippen LogP contribution in [0.4, 0.5) is 25.1 Å². The van der Waals surface area contributed by atoms with Crippen molar-refractivity contribution in [1.29, 1.82) is 0 Å². The minimum Gasteiger partial charge on any atom is -0.311 e. The second-order valence-electron chi connectivity index (χ2n) is 10.4. The maximum atomic E-state index is 14.2. The van der Waals surface area contributed by atoms with Gasteiger partial charge in [-0.05, 0) is 36.8 Å². The van der Waals surface area contributed by atoms with E-state index in [2.05, 4.69) is 10.6 Å². The summed E-state index contributed by atoms with van der Waals surface area (Å²) in [7, 11) is 0.